The van der Waals surface area contributed by atoms with Crippen molar-refractivity contribution in [2.75, 3.05) is 0 Å². The van der Waals surface area contributed by atoms with Crippen LogP contribution < -0.4 is 0 Å². The van der Waals surface area contributed by atoms with Crippen LogP contribution in [0, 0.1) is 5.82 Å². The molecule has 0 amide bonds. The van der Waals surface area contributed by atoms with E-state index in [4.69, 9.17) is 4.52 Å². The highest BCUT2D eigenvalue weighted by Crippen LogP contribution is 2.26. The van der Waals surface area contributed by atoms with Crippen LogP contribution in [0.1, 0.15) is 6.92 Å². The molecule has 0 aliphatic heterocycles. The zero-order chi connectivity index (χ0) is 15.8. The van der Waals surface area contributed by atoms with E-state index >= 15 is 0 Å². The van der Waals surface area contributed by atoms with Crippen molar-refractivity contribution in [2.45, 2.75) is 13.5 Å². The van der Waals surface area contributed by atoms with Gasteiger partial charge in [0.1, 0.15) is 5.82 Å². The Kier molecular flexibility index (Phi) is 3.15. The normalized spacial score (nSPS) is 11.2. The molecule has 4 rings (SSSR count). The molecule has 0 bridgehead atoms. The quantitative estimate of drug-likeness (QED) is 0.576. The topological polar surface area (TPSA) is 56.7 Å². The lowest BCUT2D eigenvalue weighted by Gasteiger charge is -2.00. The van der Waals surface area contributed by atoms with E-state index < -0.39 is 0 Å². The number of aromatic nitrogens is 4. The van der Waals surface area contributed by atoms with Gasteiger partial charge in [-0.2, -0.15) is 4.98 Å². The molecule has 6 heteroatoms. The number of hydrogen-bond acceptors (Lipinski definition) is 4. The molecule has 5 nitrogen and oxygen atoms in total. The molecule has 0 radical (unpaired) electrons. The summed E-state index contributed by atoms with van der Waals surface area (Å²) < 4.78 is 21.1. The van der Waals surface area contributed by atoms with Crippen molar-refractivity contribution in [1.29, 1.82) is 0 Å². The average molecular weight is 308 g/mol. The minimum Gasteiger partial charge on any atom is -0.334 e. The van der Waals surface area contributed by atoms with Crippen LogP contribution in [0.4, 0.5) is 4.39 Å². The van der Waals surface area contributed by atoms with Gasteiger partial charge < -0.3 is 9.09 Å². The van der Waals surface area contributed by atoms with Crippen LogP contribution >= 0.6 is 0 Å². The van der Waals surface area contributed by atoms with Gasteiger partial charge in [-0.15, -0.1) is 0 Å². The van der Waals surface area contributed by atoms with Gasteiger partial charge in [0, 0.05) is 12.1 Å². The molecular weight excluding hydrogens is 295 g/mol. The molecule has 0 atom stereocenters. The molecular formula is C17H13FN4O. The Labute approximate surface area is 131 Å². The number of rotatable bonds is 3. The minimum absolute atomic E-state index is 0.169. The molecule has 0 N–H and O–H groups in total. The van der Waals surface area contributed by atoms with Crippen LogP contribution in [0.15, 0.2) is 53.3 Å². The molecule has 0 aliphatic carbocycles. The van der Waals surface area contributed by atoms with Crippen LogP contribution in [0.5, 0.6) is 0 Å². The zero-order valence-corrected chi connectivity index (χ0v) is 12.4. The second-order valence-corrected chi connectivity index (χ2v) is 5.14. The molecule has 23 heavy (non-hydrogen) atoms. The Morgan fingerprint density at radius 2 is 2.04 bits per heavy atom. The summed E-state index contributed by atoms with van der Waals surface area (Å²) in [6.07, 6.45) is 1.80. The van der Waals surface area contributed by atoms with E-state index in [0.717, 1.165) is 23.1 Å². The Balaban J connectivity index is 1.78. The third kappa shape index (κ3) is 2.28. The fourth-order valence-corrected chi connectivity index (χ4v) is 2.53. The number of benzene rings is 2. The standard InChI is InChI=1S/C17H13FN4O/c1-2-22-10-19-14-8-7-11(9-15(14)22)16-20-17(23-21-16)12-5-3-4-6-13(12)18/h3-10H,2H2,1H3. The van der Waals surface area contributed by atoms with Crippen LogP contribution in [-0.4, -0.2) is 19.7 Å². The lowest BCUT2D eigenvalue weighted by molar-refractivity contribution is 0.429. The van der Waals surface area contributed by atoms with Crippen LogP contribution in [-0.2, 0) is 6.54 Å². The third-order valence-electron chi connectivity index (χ3n) is 3.75. The summed E-state index contributed by atoms with van der Waals surface area (Å²) in [6.45, 7) is 2.88. The molecule has 0 saturated carbocycles. The smallest absolute Gasteiger partial charge is 0.261 e. The average Bonchev–Trinajstić information content (AvgIpc) is 3.21. The third-order valence-corrected chi connectivity index (χ3v) is 3.75. The molecule has 2 heterocycles. The van der Waals surface area contributed by atoms with Gasteiger partial charge in [-0.05, 0) is 37.3 Å². The van der Waals surface area contributed by atoms with Gasteiger partial charge in [-0.25, -0.2) is 9.37 Å². The summed E-state index contributed by atoms with van der Waals surface area (Å²) >= 11 is 0. The second-order valence-electron chi connectivity index (χ2n) is 5.14. The van der Waals surface area contributed by atoms with Crippen molar-refractivity contribution in [2.24, 2.45) is 0 Å². The molecule has 2 aromatic heterocycles. The number of halogens is 1. The first kappa shape index (κ1) is 13.6. The van der Waals surface area contributed by atoms with Gasteiger partial charge in [-0.1, -0.05) is 17.3 Å². The molecule has 0 spiro atoms. The SMILES string of the molecule is CCn1cnc2ccc(-c3noc(-c4ccccc4F)n3)cc21. The number of aryl methyl sites for hydroxylation is 1. The van der Waals surface area contributed by atoms with Gasteiger partial charge in [-0.3, -0.25) is 0 Å². The number of nitrogens with zero attached hydrogens (tertiary/aromatic N) is 4. The maximum atomic E-state index is 13.8. The molecule has 4 aromatic rings. The first-order valence-corrected chi connectivity index (χ1v) is 7.30. The van der Waals surface area contributed by atoms with Crippen LogP contribution in [0.3, 0.4) is 0 Å². The van der Waals surface area contributed by atoms with Crippen molar-refractivity contribution in [3.63, 3.8) is 0 Å². The summed E-state index contributed by atoms with van der Waals surface area (Å²) in [5.74, 6) is 0.207. The highest BCUT2D eigenvalue weighted by atomic mass is 19.1. The van der Waals surface area contributed by atoms with Gasteiger partial charge in [0.25, 0.3) is 5.89 Å². The predicted octanol–water partition coefficient (Wildman–Crippen LogP) is 3.91. The van der Waals surface area contributed by atoms with E-state index in [1.54, 1.807) is 24.5 Å². The molecule has 0 saturated heterocycles. The summed E-state index contributed by atoms with van der Waals surface area (Å²) in [5.41, 5.74) is 3.01. The van der Waals surface area contributed by atoms with Crippen molar-refractivity contribution >= 4 is 11.0 Å². The van der Waals surface area contributed by atoms with E-state index in [-0.39, 0.29) is 11.7 Å². The minimum atomic E-state index is -0.387. The number of hydrogen-bond donors (Lipinski definition) is 0. The predicted molar refractivity (Wildman–Crippen MR) is 84.1 cm³/mol. The first-order valence-electron chi connectivity index (χ1n) is 7.30. The van der Waals surface area contributed by atoms with Crippen molar-refractivity contribution in [3.05, 3.63) is 54.6 Å². The lowest BCUT2D eigenvalue weighted by atomic mass is 10.2. The number of imidazole rings is 1. The van der Waals surface area contributed by atoms with Gasteiger partial charge >= 0.3 is 0 Å². The maximum absolute atomic E-state index is 13.8. The van der Waals surface area contributed by atoms with Gasteiger partial charge in [0.2, 0.25) is 5.82 Å². The van der Waals surface area contributed by atoms with Crippen molar-refractivity contribution in [3.8, 4) is 22.8 Å². The van der Waals surface area contributed by atoms with E-state index in [1.807, 2.05) is 22.8 Å². The largest absolute Gasteiger partial charge is 0.334 e. The van der Waals surface area contributed by atoms with Crippen molar-refractivity contribution < 1.29 is 8.91 Å². The van der Waals surface area contributed by atoms with E-state index in [0.29, 0.717) is 11.4 Å². The Hall–Kier alpha value is -3.02. The summed E-state index contributed by atoms with van der Waals surface area (Å²) in [6, 6.07) is 12.1. The first-order chi connectivity index (χ1) is 11.3. The van der Waals surface area contributed by atoms with Gasteiger partial charge in [0.05, 0.1) is 22.9 Å². The Morgan fingerprint density at radius 1 is 1.17 bits per heavy atom. The molecule has 0 unspecified atom stereocenters. The highest BCUT2D eigenvalue weighted by molar-refractivity contribution is 5.80. The van der Waals surface area contributed by atoms with E-state index in [2.05, 4.69) is 22.0 Å². The summed E-state index contributed by atoms with van der Waals surface area (Å²) in [5, 5.41) is 3.97. The fourth-order valence-electron chi connectivity index (χ4n) is 2.53. The monoisotopic (exact) mass is 308 g/mol. The highest BCUT2D eigenvalue weighted by Gasteiger charge is 2.14. The Bertz CT molecular complexity index is 989. The van der Waals surface area contributed by atoms with E-state index in [9.17, 15) is 4.39 Å². The number of fused-ring (bicyclic) bond motifs is 1. The fraction of sp³-hybridized carbons (Fsp3) is 0.118. The van der Waals surface area contributed by atoms with Crippen LogP contribution in [0.25, 0.3) is 33.9 Å². The zero-order valence-electron chi connectivity index (χ0n) is 12.4. The van der Waals surface area contributed by atoms with Gasteiger partial charge in [0.15, 0.2) is 0 Å². The summed E-state index contributed by atoms with van der Waals surface area (Å²) in [4.78, 5) is 8.65. The maximum Gasteiger partial charge on any atom is 0.261 e. The lowest BCUT2D eigenvalue weighted by Crippen LogP contribution is -1.91. The molecule has 2 aromatic carbocycles. The van der Waals surface area contributed by atoms with Crippen molar-refractivity contribution in [1.82, 2.24) is 19.7 Å². The molecule has 0 aliphatic rings. The summed E-state index contributed by atoms with van der Waals surface area (Å²) in [7, 11) is 0. The molecule has 114 valence electrons. The van der Waals surface area contributed by atoms with Crippen LogP contribution in [0.2, 0.25) is 0 Å². The van der Waals surface area contributed by atoms with E-state index in [1.165, 1.54) is 6.07 Å². The molecule has 0 fully saturated rings. The second kappa shape index (κ2) is 5.31. The Morgan fingerprint density at radius 3 is 2.87 bits per heavy atom.